The molecule has 2 nitrogen and oxygen atoms in total. The number of aryl methyl sites for hydroxylation is 1. The molecule has 0 saturated carbocycles. The van der Waals surface area contributed by atoms with E-state index in [4.69, 9.17) is 0 Å². The molecule has 0 spiro atoms. The lowest BCUT2D eigenvalue weighted by Gasteiger charge is -2.03. The molecule has 0 aliphatic carbocycles. The second kappa shape index (κ2) is 4.11. The van der Waals surface area contributed by atoms with Crippen LogP contribution in [0.3, 0.4) is 0 Å². The van der Waals surface area contributed by atoms with E-state index in [1.54, 1.807) is 6.20 Å². The summed E-state index contributed by atoms with van der Waals surface area (Å²) < 4.78 is 0. The van der Waals surface area contributed by atoms with Crippen molar-refractivity contribution >= 4 is 32.6 Å². The average molecular weight is 264 g/mol. The summed E-state index contributed by atoms with van der Waals surface area (Å²) >= 11 is 3.16. The molecule has 0 amide bonds. The first-order valence-electron chi connectivity index (χ1n) is 4.67. The zero-order chi connectivity index (χ0) is 10.8. The van der Waals surface area contributed by atoms with Gasteiger partial charge in [-0.15, -0.1) is 0 Å². The van der Waals surface area contributed by atoms with E-state index in [-0.39, 0.29) is 5.78 Å². The van der Waals surface area contributed by atoms with Crippen LogP contribution >= 0.6 is 15.9 Å². The van der Waals surface area contributed by atoms with Crippen LogP contribution in [0.1, 0.15) is 15.9 Å². The number of halogens is 1. The number of ketones is 1. The Kier molecular flexibility index (Phi) is 2.82. The molecule has 0 saturated heterocycles. The molecule has 1 aromatic heterocycles. The Labute approximate surface area is 96.5 Å². The van der Waals surface area contributed by atoms with Crippen LogP contribution in [-0.4, -0.2) is 16.1 Å². The molecular formula is C12H10BrNO. The van der Waals surface area contributed by atoms with Crippen molar-refractivity contribution in [1.82, 2.24) is 4.98 Å². The lowest BCUT2D eigenvalue weighted by atomic mass is 10.1. The van der Waals surface area contributed by atoms with Gasteiger partial charge in [-0.25, -0.2) is 0 Å². The molecule has 0 aliphatic heterocycles. The molecule has 0 aliphatic rings. The van der Waals surface area contributed by atoms with E-state index < -0.39 is 0 Å². The summed E-state index contributed by atoms with van der Waals surface area (Å²) in [7, 11) is 0. The van der Waals surface area contributed by atoms with Gasteiger partial charge in [-0.05, 0) is 24.6 Å². The predicted octanol–water partition coefficient (Wildman–Crippen LogP) is 3.12. The standard InChI is InChI=1S/C12H10BrNO/c1-8-3-2-4-11-10(8)5-9(7-14-11)12(15)6-13/h2-5,7H,6H2,1H3. The van der Waals surface area contributed by atoms with Gasteiger partial charge < -0.3 is 0 Å². The highest BCUT2D eigenvalue weighted by Crippen LogP contribution is 2.17. The molecule has 1 aromatic carbocycles. The van der Waals surface area contributed by atoms with Crippen LogP contribution in [-0.2, 0) is 0 Å². The summed E-state index contributed by atoms with van der Waals surface area (Å²) in [5, 5.41) is 1.39. The van der Waals surface area contributed by atoms with Gasteiger partial charge >= 0.3 is 0 Å². The van der Waals surface area contributed by atoms with Crippen molar-refractivity contribution in [3.8, 4) is 0 Å². The summed E-state index contributed by atoms with van der Waals surface area (Å²) in [6.45, 7) is 2.02. The van der Waals surface area contributed by atoms with Crippen LogP contribution in [0, 0.1) is 6.92 Å². The van der Waals surface area contributed by atoms with E-state index in [1.807, 2.05) is 31.2 Å². The number of fused-ring (bicyclic) bond motifs is 1. The Hall–Kier alpha value is -1.22. The number of aromatic nitrogens is 1. The molecule has 0 radical (unpaired) electrons. The maximum atomic E-state index is 11.5. The monoisotopic (exact) mass is 263 g/mol. The number of nitrogens with zero attached hydrogens (tertiary/aromatic N) is 1. The van der Waals surface area contributed by atoms with Crippen molar-refractivity contribution < 1.29 is 4.79 Å². The number of Topliss-reactive ketones (excluding diaryl/α,β-unsaturated/α-hetero) is 1. The topological polar surface area (TPSA) is 30.0 Å². The number of pyridine rings is 1. The molecule has 0 bridgehead atoms. The van der Waals surface area contributed by atoms with Crippen LogP contribution in [0.2, 0.25) is 0 Å². The van der Waals surface area contributed by atoms with Crippen molar-refractivity contribution in [1.29, 1.82) is 0 Å². The molecule has 0 atom stereocenters. The number of carbonyl (C=O) groups excluding carboxylic acids is 1. The second-order valence-corrected chi connectivity index (χ2v) is 3.98. The first-order valence-corrected chi connectivity index (χ1v) is 5.79. The lowest BCUT2D eigenvalue weighted by Crippen LogP contribution is -2.00. The van der Waals surface area contributed by atoms with Crippen molar-refractivity contribution in [2.24, 2.45) is 0 Å². The predicted molar refractivity (Wildman–Crippen MR) is 64.6 cm³/mol. The molecule has 0 fully saturated rings. The largest absolute Gasteiger partial charge is 0.293 e. The fourth-order valence-corrected chi connectivity index (χ4v) is 1.85. The number of alkyl halides is 1. The average Bonchev–Trinajstić information content (AvgIpc) is 2.28. The third-order valence-electron chi connectivity index (χ3n) is 2.39. The normalized spacial score (nSPS) is 10.5. The second-order valence-electron chi connectivity index (χ2n) is 3.42. The van der Waals surface area contributed by atoms with Crippen LogP contribution in [0.5, 0.6) is 0 Å². The van der Waals surface area contributed by atoms with Gasteiger partial charge in [0.1, 0.15) is 0 Å². The number of carbonyl (C=O) groups is 1. The number of hydrogen-bond acceptors (Lipinski definition) is 2. The van der Waals surface area contributed by atoms with Crippen LogP contribution in [0.15, 0.2) is 30.5 Å². The molecule has 0 unspecified atom stereocenters. The van der Waals surface area contributed by atoms with Gasteiger partial charge in [0.2, 0.25) is 0 Å². The summed E-state index contributed by atoms with van der Waals surface area (Å²) in [6, 6.07) is 7.84. The summed E-state index contributed by atoms with van der Waals surface area (Å²) in [6.07, 6.45) is 1.63. The Balaban J connectivity index is 2.64. The van der Waals surface area contributed by atoms with Crippen LogP contribution in [0.4, 0.5) is 0 Å². The minimum Gasteiger partial charge on any atom is -0.293 e. The van der Waals surface area contributed by atoms with E-state index in [0.29, 0.717) is 10.9 Å². The molecule has 15 heavy (non-hydrogen) atoms. The molecule has 3 heteroatoms. The maximum Gasteiger partial charge on any atom is 0.174 e. The van der Waals surface area contributed by atoms with E-state index in [2.05, 4.69) is 20.9 Å². The quantitative estimate of drug-likeness (QED) is 0.616. The summed E-state index contributed by atoms with van der Waals surface area (Å²) in [4.78, 5) is 15.8. The SMILES string of the molecule is Cc1cccc2ncc(C(=O)CBr)cc12. The van der Waals surface area contributed by atoms with Gasteiger partial charge in [0.05, 0.1) is 10.8 Å². The zero-order valence-corrected chi connectivity index (χ0v) is 9.91. The van der Waals surface area contributed by atoms with E-state index >= 15 is 0 Å². The lowest BCUT2D eigenvalue weighted by molar-refractivity contribution is 0.102. The maximum absolute atomic E-state index is 11.5. The smallest absolute Gasteiger partial charge is 0.174 e. The number of benzene rings is 1. The Bertz CT molecular complexity index is 522. The highest BCUT2D eigenvalue weighted by molar-refractivity contribution is 9.09. The fourth-order valence-electron chi connectivity index (χ4n) is 1.53. The van der Waals surface area contributed by atoms with Gasteiger partial charge in [0, 0.05) is 17.1 Å². The van der Waals surface area contributed by atoms with Crippen LogP contribution in [0.25, 0.3) is 10.9 Å². The third-order valence-corrected chi connectivity index (χ3v) is 2.90. The highest BCUT2D eigenvalue weighted by Gasteiger charge is 2.06. The van der Waals surface area contributed by atoms with Gasteiger partial charge in [-0.3, -0.25) is 9.78 Å². The zero-order valence-electron chi connectivity index (χ0n) is 8.33. The molecule has 0 N–H and O–H groups in total. The first kappa shape index (κ1) is 10.3. The van der Waals surface area contributed by atoms with Crippen LogP contribution < -0.4 is 0 Å². The Morgan fingerprint density at radius 1 is 1.47 bits per heavy atom. The minimum absolute atomic E-state index is 0.0626. The summed E-state index contributed by atoms with van der Waals surface area (Å²) in [5.74, 6) is 0.0626. The van der Waals surface area contributed by atoms with Crippen molar-refractivity contribution in [3.63, 3.8) is 0 Å². The van der Waals surface area contributed by atoms with Crippen molar-refractivity contribution in [3.05, 3.63) is 41.6 Å². The van der Waals surface area contributed by atoms with Gasteiger partial charge in [0.15, 0.2) is 5.78 Å². The molecule has 2 rings (SSSR count). The third kappa shape index (κ3) is 1.92. The van der Waals surface area contributed by atoms with E-state index in [0.717, 1.165) is 16.5 Å². The number of hydrogen-bond donors (Lipinski definition) is 0. The van der Waals surface area contributed by atoms with Crippen molar-refractivity contribution in [2.75, 3.05) is 5.33 Å². The van der Waals surface area contributed by atoms with Gasteiger partial charge in [-0.1, -0.05) is 28.1 Å². The highest BCUT2D eigenvalue weighted by atomic mass is 79.9. The molecule has 1 heterocycles. The van der Waals surface area contributed by atoms with E-state index in [9.17, 15) is 4.79 Å². The first-order chi connectivity index (χ1) is 7.22. The Morgan fingerprint density at radius 2 is 2.27 bits per heavy atom. The van der Waals surface area contributed by atoms with Gasteiger partial charge in [-0.2, -0.15) is 0 Å². The molecule has 2 aromatic rings. The van der Waals surface area contributed by atoms with Gasteiger partial charge in [0.25, 0.3) is 0 Å². The Morgan fingerprint density at radius 3 is 3.00 bits per heavy atom. The molecule has 76 valence electrons. The van der Waals surface area contributed by atoms with E-state index in [1.165, 1.54) is 0 Å². The summed E-state index contributed by atoms with van der Waals surface area (Å²) in [5.41, 5.74) is 2.74. The number of rotatable bonds is 2. The minimum atomic E-state index is 0.0626. The molecular weight excluding hydrogens is 254 g/mol. The van der Waals surface area contributed by atoms with Crippen molar-refractivity contribution in [2.45, 2.75) is 6.92 Å². The fraction of sp³-hybridized carbons (Fsp3) is 0.167.